The van der Waals surface area contributed by atoms with Gasteiger partial charge in [0.05, 0.1) is 10.6 Å². The maximum atomic E-state index is 13.0. The molecule has 0 aliphatic carbocycles. The van der Waals surface area contributed by atoms with Crippen molar-refractivity contribution in [2.75, 3.05) is 24.5 Å². The van der Waals surface area contributed by atoms with Crippen LogP contribution in [-0.4, -0.2) is 38.3 Å². The van der Waals surface area contributed by atoms with Gasteiger partial charge in [0.25, 0.3) is 0 Å². The normalized spacial score (nSPS) is 20.3. The molecule has 0 N–H and O–H groups in total. The second kappa shape index (κ2) is 6.24. The first-order valence-corrected chi connectivity index (χ1v) is 9.77. The Labute approximate surface area is 138 Å². The van der Waals surface area contributed by atoms with Crippen molar-refractivity contribution in [2.45, 2.75) is 50.8 Å². The Morgan fingerprint density at radius 2 is 1.65 bits per heavy atom. The van der Waals surface area contributed by atoms with Gasteiger partial charge in [-0.1, -0.05) is 12.5 Å². The van der Waals surface area contributed by atoms with Crippen molar-refractivity contribution >= 4 is 21.6 Å². The van der Waals surface area contributed by atoms with E-state index in [2.05, 4.69) is 0 Å². The van der Waals surface area contributed by atoms with Crippen LogP contribution >= 0.6 is 0 Å². The molecular formula is C17H24N2O3S. The third-order valence-electron chi connectivity index (χ3n) is 4.86. The van der Waals surface area contributed by atoms with Gasteiger partial charge in [-0.25, -0.2) is 8.42 Å². The molecule has 0 radical (unpaired) electrons. The summed E-state index contributed by atoms with van der Waals surface area (Å²) in [6.07, 6.45) is 4.30. The Hall–Kier alpha value is -1.40. The van der Waals surface area contributed by atoms with Gasteiger partial charge in [-0.3, -0.25) is 4.79 Å². The van der Waals surface area contributed by atoms with Crippen LogP contribution in [0.5, 0.6) is 0 Å². The van der Waals surface area contributed by atoms with E-state index in [0.717, 1.165) is 36.9 Å². The van der Waals surface area contributed by atoms with Gasteiger partial charge >= 0.3 is 0 Å². The van der Waals surface area contributed by atoms with E-state index in [9.17, 15) is 13.2 Å². The highest BCUT2D eigenvalue weighted by Gasteiger charge is 2.31. The fourth-order valence-corrected chi connectivity index (χ4v) is 5.38. The van der Waals surface area contributed by atoms with E-state index in [1.165, 1.54) is 0 Å². The van der Waals surface area contributed by atoms with Gasteiger partial charge in [-0.2, -0.15) is 4.31 Å². The number of piperidine rings is 1. The molecule has 0 unspecified atom stereocenters. The van der Waals surface area contributed by atoms with Gasteiger partial charge in [-0.15, -0.1) is 0 Å². The summed E-state index contributed by atoms with van der Waals surface area (Å²) in [6.45, 7) is 5.62. The van der Waals surface area contributed by atoms with Crippen molar-refractivity contribution in [3.63, 3.8) is 0 Å². The summed E-state index contributed by atoms with van der Waals surface area (Å²) in [4.78, 5) is 14.2. The minimum atomic E-state index is -3.48. The third kappa shape index (κ3) is 2.90. The van der Waals surface area contributed by atoms with E-state index >= 15 is 0 Å². The maximum Gasteiger partial charge on any atom is 0.243 e. The third-order valence-corrected chi connectivity index (χ3v) is 6.90. The van der Waals surface area contributed by atoms with Gasteiger partial charge in [0.15, 0.2) is 0 Å². The van der Waals surface area contributed by atoms with Gasteiger partial charge < -0.3 is 4.90 Å². The predicted octanol–water partition coefficient (Wildman–Crippen LogP) is 2.60. The van der Waals surface area contributed by atoms with Gasteiger partial charge in [-0.05, 0) is 50.3 Å². The van der Waals surface area contributed by atoms with Crippen molar-refractivity contribution in [1.82, 2.24) is 4.31 Å². The Morgan fingerprint density at radius 3 is 2.26 bits per heavy atom. The molecule has 5 nitrogen and oxygen atoms in total. The second-order valence-electron chi connectivity index (χ2n) is 6.47. The van der Waals surface area contributed by atoms with E-state index in [-0.39, 0.29) is 5.91 Å². The SMILES string of the molecule is Cc1ccc(S(=O)(=O)N2CCCCC2)c(C)c1N1CCCC1=O. The van der Waals surface area contributed by atoms with Crippen LogP contribution in [0.3, 0.4) is 0 Å². The quantitative estimate of drug-likeness (QED) is 0.852. The molecule has 1 amide bonds. The molecule has 126 valence electrons. The van der Waals surface area contributed by atoms with E-state index in [1.807, 2.05) is 19.9 Å². The Kier molecular flexibility index (Phi) is 4.47. The molecule has 0 bridgehead atoms. The van der Waals surface area contributed by atoms with E-state index in [4.69, 9.17) is 0 Å². The molecule has 2 heterocycles. The van der Waals surface area contributed by atoms with Gasteiger partial charge in [0, 0.05) is 26.1 Å². The van der Waals surface area contributed by atoms with Crippen molar-refractivity contribution in [2.24, 2.45) is 0 Å². The van der Waals surface area contributed by atoms with Crippen molar-refractivity contribution in [3.05, 3.63) is 23.3 Å². The molecule has 23 heavy (non-hydrogen) atoms. The van der Waals surface area contributed by atoms with E-state index < -0.39 is 10.0 Å². The highest BCUT2D eigenvalue weighted by atomic mass is 32.2. The average molecular weight is 336 g/mol. The molecule has 6 heteroatoms. The Morgan fingerprint density at radius 1 is 0.957 bits per heavy atom. The second-order valence-corrected chi connectivity index (χ2v) is 8.37. The molecule has 0 atom stereocenters. The lowest BCUT2D eigenvalue weighted by atomic mass is 10.1. The van der Waals surface area contributed by atoms with Crippen LogP contribution in [-0.2, 0) is 14.8 Å². The van der Waals surface area contributed by atoms with E-state index in [1.54, 1.807) is 15.3 Å². The molecule has 1 aromatic carbocycles. The average Bonchev–Trinajstić information content (AvgIpc) is 2.94. The number of anilines is 1. The Balaban J connectivity index is 2.05. The zero-order valence-electron chi connectivity index (χ0n) is 13.8. The summed E-state index contributed by atoms with van der Waals surface area (Å²) in [5.74, 6) is 0.0868. The number of hydrogen-bond donors (Lipinski definition) is 0. The highest BCUT2D eigenvalue weighted by molar-refractivity contribution is 7.89. The number of carbonyl (C=O) groups excluding carboxylic acids is 1. The summed E-state index contributed by atoms with van der Waals surface area (Å²) < 4.78 is 27.6. The van der Waals surface area contributed by atoms with Crippen LogP contribution in [0.15, 0.2) is 17.0 Å². The molecule has 3 rings (SSSR count). The first kappa shape index (κ1) is 16.5. The molecule has 2 fully saturated rings. The molecule has 0 saturated carbocycles. The topological polar surface area (TPSA) is 57.7 Å². The molecule has 0 aromatic heterocycles. The van der Waals surface area contributed by atoms with Crippen molar-refractivity contribution < 1.29 is 13.2 Å². The molecular weight excluding hydrogens is 312 g/mol. The molecule has 2 aliphatic heterocycles. The van der Waals surface area contributed by atoms with Crippen LogP contribution in [0, 0.1) is 13.8 Å². The molecule has 1 aromatic rings. The fourth-order valence-electron chi connectivity index (χ4n) is 3.64. The number of benzene rings is 1. The monoisotopic (exact) mass is 336 g/mol. The number of amides is 1. The summed E-state index contributed by atoms with van der Waals surface area (Å²) in [7, 11) is -3.48. The number of aryl methyl sites for hydroxylation is 1. The number of carbonyl (C=O) groups is 1. The molecule has 2 saturated heterocycles. The van der Waals surface area contributed by atoms with E-state index in [0.29, 0.717) is 36.5 Å². The van der Waals surface area contributed by atoms with Gasteiger partial charge in [0.1, 0.15) is 0 Å². The minimum absolute atomic E-state index is 0.0868. The lowest BCUT2D eigenvalue weighted by Crippen LogP contribution is -2.36. The Bertz CT molecular complexity index is 722. The summed E-state index contributed by atoms with van der Waals surface area (Å²) in [6, 6.07) is 3.52. The number of nitrogens with zero attached hydrogens (tertiary/aromatic N) is 2. The minimum Gasteiger partial charge on any atom is -0.312 e. The zero-order valence-corrected chi connectivity index (χ0v) is 14.7. The standard InChI is InChI=1S/C17H24N2O3S/c1-13-8-9-15(23(21,22)18-10-4-3-5-11-18)14(2)17(13)19-12-6-7-16(19)20/h8-9H,3-7,10-12H2,1-2H3. The largest absolute Gasteiger partial charge is 0.312 e. The van der Waals surface area contributed by atoms with Crippen LogP contribution in [0.4, 0.5) is 5.69 Å². The summed E-state index contributed by atoms with van der Waals surface area (Å²) >= 11 is 0. The maximum absolute atomic E-state index is 13.0. The first-order valence-electron chi connectivity index (χ1n) is 8.33. The lowest BCUT2D eigenvalue weighted by Gasteiger charge is -2.28. The smallest absolute Gasteiger partial charge is 0.243 e. The van der Waals surface area contributed by atoms with Gasteiger partial charge in [0.2, 0.25) is 15.9 Å². The fraction of sp³-hybridized carbons (Fsp3) is 0.588. The zero-order chi connectivity index (χ0) is 16.6. The van der Waals surface area contributed by atoms with Crippen LogP contribution in [0.2, 0.25) is 0 Å². The lowest BCUT2D eigenvalue weighted by molar-refractivity contribution is -0.117. The van der Waals surface area contributed by atoms with Crippen LogP contribution < -0.4 is 4.90 Å². The molecule has 0 spiro atoms. The van der Waals surface area contributed by atoms with Crippen molar-refractivity contribution in [3.8, 4) is 0 Å². The summed E-state index contributed by atoms with van der Waals surface area (Å²) in [5.41, 5.74) is 2.44. The first-order chi connectivity index (χ1) is 10.9. The van der Waals surface area contributed by atoms with Crippen molar-refractivity contribution in [1.29, 1.82) is 0 Å². The van der Waals surface area contributed by atoms with Crippen LogP contribution in [0.25, 0.3) is 0 Å². The molecule has 2 aliphatic rings. The number of hydrogen-bond acceptors (Lipinski definition) is 3. The summed E-state index contributed by atoms with van der Waals surface area (Å²) in [5, 5.41) is 0. The number of sulfonamides is 1. The number of rotatable bonds is 3. The highest BCUT2D eigenvalue weighted by Crippen LogP contribution is 2.34. The van der Waals surface area contributed by atoms with Crippen LogP contribution in [0.1, 0.15) is 43.2 Å². The predicted molar refractivity (Wildman–Crippen MR) is 90.1 cm³/mol.